The van der Waals surface area contributed by atoms with E-state index in [0.717, 1.165) is 49.6 Å². The lowest BCUT2D eigenvalue weighted by Gasteiger charge is -2.43. The van der Waals surface area contributed by atoms with Crippen LogP contribution in [0.25, 0.3) is 5.52 Å². The van der Waals surface area contributed by atoms with Crippen LogP contribution < -0.4 is 4.72 Å². The van der Waals surface area contributed by atoms with Gasteiger partial charge in [0.25, 0.3) is 5.91 Å². The molecule has 2 aliphatic carbocycles. The number of aryl methyl sites for hydroxylation is 1. The second-order valence-electron chi connectivity index (χ2n) is 11.0. The largest absolute Gasteiger partial charge is 0.374 e. The number of ether oxygens (including phenoxy) is 1. The van der Waals surface area contributed by atoms with E-state index in [0.29, 0.717) is 31.4 Å². The summed E-state index contributed by atoms with van der Waals surface area (Å²) in [5.41, 5.74) is 1.74. The SMILES string of the molecule is Cc1ncn2cc(C3CCC(CO[C@@H]4CN(C(=O)C5(F)CCC5)CC[C@@H]4NS(C)(=O)=O)CC3)ccc12. The number of hydrogen-bond donors (Lipinski definition) is 1. The van der Waals surface area contributed by atoms with Crippen LogP contribution in [0.1, 0.15) is 68.5 Å². The zero-order valence-corrected chi connectivity index (χ0v) is 22.0. The molecular formula is C26H37FN4O4S. The molecule has 0 bridgehead atoms. The van der Waals surface area contributed by atoms with Crippen molar-refractivity contribution in [1.29, 1.82) is 0 Å². The van der Waals surface area contributed by atoms with Crippen LogP contribution in [0.4, 0.5) is 4.39 Å². The molecule has 0 unspecified atom stereocenters. The number of carbonyl (C=O) groups excluding carboxylic acids is 1. The predicted molar refractivity (Wildman–Crippen MR) is 135 cm³/mol. The van der Waals surface area contributed by atoms with Crippen molar-refractivity contribution < 1.29 is 22.3 Å². The van der Waals surface area contributed by atoms with E-state index in [9.17, 15) is 17.6 Å². The Labute approximate surface area is 212 Å². The lowest BCUT2D eigenvalue weighted by Crippen LogP contribution is -2.60. The monoisotopic (exact) mass is 520 g/mol. The standard InChI is InChI=1S/C26H37FN4O4S/c1-18-23-9-8-21(14-31(23)17-28-18)20-6-4-19(5-7-20)16-35-24-15-30(25(32)26(27)11-3-12-26)13-10-22(24)29-36(2,33)34/h8-9,14,17,19-20,22,24,29H,3-7,10-13,15-16H2,1-2H3/t19?,20?,22-,24+/m0/s1. The number of nitrogens with one attached hydrogen (secondary N) is 1. The third-order valence-electron chi connectivity index (χ3n) is 8.35. The maximum atomic E-state index is 14.8. The summed E-state index contributed by atoms with van der Waals surface area (Å²) in [4.78, 5) is 18.7. The number of nitrogens with zero attached hydrogens (tertiary/aromatic N) is 3. The molecule has 1 N–H and O–H groups in total. The number of fused-ring (bicyclic) bond motifs is 1. The van der Waals surface area contributed by atoms with Gasteiger partial charge in [-0.25, -0.2) is 22.5 Å². The summed E-state index contributed by atoms with van der Waals surface area (Å²) in [5.74, 6) is 0.411. The van der Waals surface area contributed by atoms with Crippen molar-refractivity contribution in [3.63, 3.8) is 0 Å². The first-order valence-electron chi connectivity index (χ1n) is 13.1. The summed E-state index contributed by atoms with van der Waals surface area (Å²) in [5, 5.41) is 0. The Morgan fingerprint density at radius 2 is 1.97 bits per heavy atom. The van der Waals surface area contributed by atoms with E-state index in [1.54, 1.807) is 0 Å². The van der Waals surface area contributed by atoms with Gasteiger partial charge in [0.1, 0.15) is 0 Å². The highest BCUT2D eigenvalue weighted by Gasteiger charge is 2.48. The van der Waals surface area contributed by atoms with Gasteiger partial charge in [-0.2, -0.15) is 0 Å². The van der Waals surface area contributed by atoms with Gasteiger partial charge in [0.05, 0.1) is 35.9 Å². The van der Waals surface area contributed by atoms with Gasteiger partial charge in [-0.05, 0) is 81.8 Å². The molecule has 2 aromatic rings. The van der Waals surface area contributed by atoms with Crippen LogP contribution >= 0.6 is 0 Å². The molecule has 0 radical (unpaired) electrons. The molecule has 5 rings (SSSR count). The van der Waals surface area contributed by atoms with Crippen LogP contribution in [0.15, 0.2) is 24.7 Å². The molecule has 2 atom stereocenters. The minimum Gasteiger partial charge on any atom is -0.374 e. The molecule has 2 saturated carbocycles. The molecule has 0 spiro atoms. The summed E-state index contributed by atoms with van der Waals surface area (Å²) in [7, 11) is -3.43. The number of imidazole rings is 1. The first-order chi connectivity index (χ1) is 17.1. The van der Waals surface area contributed by atoms with Crippen LogP contribution in [-0.4, -0.2) is 72.4 Å². The zero-order chi connectivity index (χ0) is 25.5. The number of rotatable bonds is 7. The Hall–Kier alpha value is -2.04. The van der Waals surface area contributed by atoms with Crippen molar-refractivity contribution in [3.8, 4) is 0 Å². The van der Waals surface area contributed by atoms with Crippen molar-refractivity contribution in [2.75, 3.05) is 26.0 Å². The number of halogens is 1. The van der Waals surface area contributed by atoms with Gasteiger partial charge in [-0.3, -0.25) is 4.79 Å². The number of pyridine rings is 1. The molecule has 8 nitrogen and oxygen atoms in total. The predicted octanol–water partition coefficient (Wildman–Crippen LogP) is 3.34. The van der Waals surface area contributed by atoms with E-state index in [4.69, 9.17) is 4.74 Å². The summed E-state index contributed by atoms with van der Waals surface area (Å²) in [6.45, 7) is 3.09. The van der Waals surface area contributed by atoms with Crippen LogP contribution in [0.3, 0.4) is 0 Å². The maximum Gasteiger partial charge on any atom is 0.260 e. The molecule has 1 aliphatic heterocycles. The number of sulfonamides is 1. The minimum absolute atomic E-state index is 0.220. The van der Waals surface area contributed by atoms with Crippen molar-refractivity contribution in [1.82, 2.24) is 19.0 Å². The quantitative estimate of drug-likeness (QED) is 0.605. The van der Waals surface area contributed by atoms with Gasteiger partial charge >= 0.3 is 0 Å². The van der Waals surface area contributed by atoms with E-state index >= 15 is 0 Å². The molecule has 0 aromatic carbocycles. The van der Waals surface area contributed by atoms with Gasteiger partial charge in [0.2, 0.25) is 10.0 Å². The topological polar surface area (TPSA) is 93.0 Å². The molecular weight excluding hydrogens is 483 g/mol. The third-order valence-corrected chi connectivity index (χ3v) is 9.08. The summed E-state index contributed by atoms with van der Waals surface area (Å²) < 4.78 is 49.7. The highest BCUT2D eigenvalue weighted by Crippen LogP contribution is 2.39. The van der Waals surface area contributed by atoms with Gasteiger partial charge in [-0.1, -0.05) is 6.07 Å². The van der Waals surface area contributed by atoms with Crippen molar-refractivity contribution in [2.45, 2.75) is 82.0 Å². The van der Waals surface area contributed by atoms with E-state index in [2.05, 4.69) is 32.4 Å². The molecule has 2 aromatic heterocycles. The molecule has 36 heavy (non-hydrogen) atoms. The highest BCUT2D eigenvalue weighted by atomic mass is 32.2. The lowest BCUT2D eigenvalue weighted by molar-refractivity contribution is -0.155. The molecule has 10 heteroatoms. The Balaban J connectivity index is 1.17. The highest BCUT2D eigenvalue weighted by molar-refractivity contribution is 7.88. The Bertz CT molecular complexity index is 1200. The number of carbonyl (C=O) groups is 1. The summed E-state index contributed by atoms with van der Waals surface area (Å²) >= 11 is 0. The number of amides is 1. The Morgan fingerprint density at radius 1 is 1.22 bits per heavy atom. The fraction of sp³-hybridized carbons (Fsp3) is 0.692. The van der Waals surface area contributed by atoms with Crippen molar-refractivity contribution in [3.05, 3.63) is 35.9 Å². The van der Waals surface area contributed by atoms with Crippen LogP contribution in [0, 0.1) is 12.8 Å². The maximum absolute atomic E-state index is 14.8. The summed E-state index contributed by atoms with van der Waals surface area (Å²) in [6, 6.07) is 3.94. The minimum atomic E-state index is -3.43. The average Bonchev–Trinajstić information content (AvgIpc) is 3.21. The first-order valence-corrected chi connectivity index (χ1v) is 15.0. The molecule has 3 heterocycles. The van der Waals surface area contributed by atoms with E-state index < -0.39 is 33.7 Å². The zero-order valence-electron chi connectivity index (χ0n) is 21.2. The molecule has 1 saturated heterocycles. The lowest BCUT2D eigenvalue weighted by atomic mass is 9.79. The number of aromatic nitrogens is 2. The Morgan fingerprint density at radius 3 is 2.64 bits per heavy atom. The van der Waals surface area contributed by atoms with Crippen LogP contribution in [0.5, 0.6) is 0 Å². The number of likely N-dealkylation sites (tertiary alicyclic amines) is 1. The normalized spacial score (nSPS) is 28.7. The fourth-order valence-electron chi connectivity index (χ4n) is 5.98. The third kappa shape index (κ3) is 5.45. The Kier molecular flexibility index (Phi) is 7.13. The van der Waals surface area contributed by atoms with Gasteiger partial charge in [0, 0.05) is 25.9 Å². The van der Waals surface area contributed by atoms with E-state index in [1.807, 2.05) is 13.3 Å². The van der Waals surface area contributed by atoms with Crippen molar-refractivity contribution >= 4 is 21.4 Å². The van der Waals surface area contributed by atoms with Crippen LogP contribution in [0.2, 0.25) is 0 Å². The molecule has 3 aliphatic rings. The second kappa shape index (κ2) is 10.0. The molecule has 3 fully saturated rings. The van der Waals surface area contributed by atoms with Gasteiger partial charge in [0.15, 0.2) is 5.67 Å². The van der Waals surface area contributed by atoms with Gasteiger partial charge in [-0.15, -0.1) is 0 Å². The molecule has 198 valence electrons. The fourth-order valence-corrected chi connectivity index (χ4v) is 6.80. The van der Waals surface area contributed by atoms with E-state index in [1.165, 1.54) is 10.5 Å². The smallest absolute Gasteiger partial charge is 0.260 e. The van der Waals surface area contributed by atoms with Crippen LogP contribution in [-0.2, 0) is 19.6 Å². The average molecular weight is 521 g/mol. The molecule has 1 amide bonds. The second-order valence-corrected chi connectivity index (χ2v) is 12.8. The summed E-state index contributed by atoms with van der Waals surface area (Å²) in [6.07, 6.45) is 10.6. The van der Waals surface area contributed by atoms with Gasteiger partial charge < -0.3 is 14.0 Å². The number of piperidine rings is 1. The number of alkyl halides is 1. The first kappa shape index (κ1) is 25.6. The van der Waals surface area contributed by atoms with E-state index in [-0.39, 0.29) is 19.4 Å². The number of hydrogen-bond acceptors (Lipinski definition) is 5. The van der Waals surface area contributed by atoms with Crippen molar-refractivity contribution in [2.24, 2.45) is 5.92 Å².